The van der Waals surface area contributed by atoms with E-state index in [1.54, 1.807) is 0 Å². The summed E-state index contributed by atoms with van der Waals surface area (Å²) in [5.74, 6) is 0.109. The SMILES string of the molecule is Cc1ccc(CNCCC(=O)NC(C)C)c(C)c1. The van der Waals surface area contributed by atoms with Gasteiger partial charge < -0.3 is 10.6 Å². The molecule has 0 aliphatic heterocycles. The minimum absolute atomic E-state index is 0.109. The fourth-order valence-corrected chi connectivity index (χ4v) is 1.86. The number of nitrogens with one attached hydrogen (secondary N) is 2. The fraction of sp³-hybridized carbons (Fsp3) is 0.533. The Morgan fingerprint density at radius 1 is 1.28 bits per heavy atom. The van der Waals surface area contributed by atoms with Gasteiger partial charge in [0.1, 0.15) is 0 Å². The molecule has 0 aliphatic carbocycles. The molecule has 3 nitrogen and oxygen atoms in total. The maximum absolute atomic E-state index is 11.4. The van der Waals surface area contributed by atoms with Crippen molar-refractivity contribution in [2.45, 2.75) is 46.7 Å². The third-order valence-electron chi connectivity index (χ3n) is 2.79. The molecule has 0 saturated carbocycles. The summed E-state index contributed by atoms with van der Waals surface area (Å²) < 4.78 is 0. The number of carbonyl (C=O) groups excluding carboxylic acids is 1. The highest BCUT2D eigenvalue weighted by Crippen LogP contribution is 2.09. The van der Waals surface area contributed by atoms with Gasteiger partial charge in [0.2, 0.25) is 5.91 Å². The Bertz CT molecular complexity index is 399. The Kier molecular flexibility index (Phi) is 5.86. The molecule has 3 heteroatoms. The molecule has 1 amide bonds. The van der Waals surface area contributed by atoms with Crippen molar-refractivity contribution in [2.24, 2.45) is 0 Å². The van der Waals surface area contributed by atoms with Crippen LogP contribution < -0.4 is 10.6 Å². The molecule has 2 N–H and O–H groups in total. The second-order valence-electron chi connectivity index (χ2n) is 5.08. The normalized spacial score (nSPS) is 10.7. The monoisotopic (exact) mass is 248 g/mol. The first-order valence-corrected chi connectivity index (χ1v) is 6.55. The molecule has 0 unspecified atom stereocenters. The van der Waals surface area contributed by atoms with Gasteiger partial charge in [-0.25, -0.2) is 0 Å². The molecule has 0 aromatic heterocycles. The zero-order chi connectivity index (χ0) is 13.5. The number of rotatable bonds is 6. The average Bonchev–Trinajstić information content (AvgIpc) is 2.25. The quantitative estimate of drug-likeness (QED) is 0.759. The maximum Gasteiger partial charge on any atom is 0.221 e. The van der Waals surface area contributed by atoms with E-state index in [1.807, 2.05) is 13.8 Å². The van der Waals surface area contributed by atoms with E-state index in [4.69, 9.17) is 0 Å². The van der Waals surface area contributed by atoms with Crippen molar-refractivity contribution in [3.8, 4) is 0 Å². The molecule has 18 heavy (non-hydrogen) atoms. The van der Waals surface area contributed by atoms with Crippen LogP contribution in [0.4, 0.5) is 0 Å². The van der Waals surface area contributed by atoms with Crippen LogP contribution in [-0.4, -0.2) is 18.5 Å². The molecule has 0 radical (unpaired) electrons. The standard InChI is InChI=1S/C15H24N2O/c1-11(2)17-15(18)7-8-16-10-14-6-5-12(3)9-13(14)4/h5-6,9,11,16H,7-8,10H2,1-4H3,(H,17,18). The molecule has 0 bridgehead atoms. The van der Waals surface area contributed by atoms with Crippen LogP contribution in [-0.2, 0) is 11.3 Å². The van der Waals surface area contributed by atoms with E-state index in [1.165, 1.54) is 16.7 Å². The Morgan fingerprint density at radius 2 is 2.00 bits per heavy atom. The lowest BCUT2D eigenvalue weighted by molar-refractivity contribution is -0.121. The molecular formula is C15H24N2O. The minimum Gasteiger partial charge on any atom is -0.354 e. The molecule has 0 spiro atoms. The molecular weight excluding hydrogens is 224 g/mol. The predicted octanol–water partition coefficient (Wildman–Crippen LogP) is 2.31. The van der Waals surface area contributed by atoms with Crippen LogP contribution in [0.1, 0.15) is 37.0 Å². The lowest BCUT2D eigenvalue weighted by Gasteiger charge is -2.10. The molecule has 0 atom stereocenters. The Balaban J connectivity index is 2.27. The summed E-state index contributed by atoms with van der Waals surface area (Å²) >= 11 is 0. The number of aryl methyl sites for hydroxylation is 2. The highest BCUT2D eigenvalue weighted by atomic mass is 16.1. The van der Waals surface area contributed by atoms with E-state index in [0.717, 1.165) is 6.54 Å². The maximum atomic E-state index is 11.4. The van der Waals surface area contributed by atoms with Gasteiger partial charge in [0, 0.05) is 25.6 Å². The van der Waals surface area contributed by atoms with Crippen molar-refractivity contribution in [2.75, 3.05) is 6.54 Å². The highest BCUT2D eigenvalue weighted by Gasteiger charge is 2.03. The molecule has 0 fully saturated rings. The van der Waals surface area contributed by atoms with Crippen LogP contribution in [0.2, 0.25) is 0 Å². The molecule has 1 aromatic rings. The number of carbonyl (C=O) groups is 1. The molecule has 0 heterocycles. The van der Waals surface area contributed by atoms with Gasteiger partial charge in [0.05, 0.1) is 0 Å². The van der Waals surface area contributed by atoms with Crippen molar-refractivity contribution in [3.05, 3.63) is 34.9 Å². The summed E-state index contributed by atoms with van der Waals surface area (Å²) in [6, 6.07) is 6.67. The molecule has 1 aromatic carbocycles. The summed E-state index contributed by atoms with van der Waals surface area (Å²) in [6.07, 6.45) is 0.531. The van der Waals surface area contributed by atoms with Crippen LogP contribution in [0, 0.1) is 13.8 Å². The van der Waals surface area contributed by atoms with Crippen molar-refractivity contribution >= 4 is 5.91 Å². The second kappa shape index (κ2) is 7.17. The van der Waals surface area contributed by atoms with Crippen molar-refractivity contribution < 1.29 is 4.79 Å². The van der Waals surface area contributed by atoms with Crippen LogP contribution in [0.3, 0.4) is 0 Å². The Labute approximate surface area is 110 Å². The van der Waals surface area contributed by atoms with E-state index < -0.39 is 0 Å². The number of amides is 1. The van der Waals surface area contributed by atoms with Gasteiger partial charge in [0.25, 0.3) is 0 Å². The fourth-order valence-electron chi connectivity index (χ4n) is 1.86. The smallest absolute Gasteiger partial charge is 0.221 e. The van der Waals surface area contributed by atoms with Gasteiger partial charge in [-0.05, 0) is 38.8 Å². The van der Waals surface area contributed by atoms with E-state index in [-0.39, 0.29) is 11.9 Å². The van der Waals surface area contributed by atoms with Crippen LogP contribution in [0.5, 0.6) is 0 Å². The third-order valence-corrected chi connectivity index (χ3v) is 2.79. The molecule has 0 aliphatic rings. The Hall–Kier alpha value is -1.35. The van der Waals surface area contributed by atoms with Crippen molar-refractivity contribution in [1.82, 2.24) is 10.6 Å². The summed E-state index contributed by atoms with van der Waals surface area (Å²) in [5, 5.41) is 6.19. The summed E-state index contributed by atoms with van der Waals surface area (Å²) in [6.45, 7) is 9.70. The lowest BCUT2D eigenvalue weighted by atomic mass is 10.1. The number of hydrogen-bond acceptors (Lipinski definition) is 2. The second-order valence-corrected chi connectivity index (χ2v) is 5.08. The zero-order valence-corrected chi connectivity index (χ0v) is 11.8. The number of hydrogen-bond donors (Lipinski definition) is 2. The first-order valence-electron chi connectivity index (χ1n) is 6.55. The van der Waals surface area contributed by atoms with E-state index in [0.29, 0.717) is 13.0 Å². The largest absolute Gasteiger partial charge is 0.354 e. The third kappa shape index (κ3) is 5.32. The highest BCUT2D eigenvalue weighted by molar-refractivity contribution is 5.76. The van der Waals surface area contributed by atoms with Gasteiger partial charge in [-0.3, -0.25) is 4.79 Å². The Morgan fingerprint density at radius 3 is 2.61 bits per heavy atom. The van der Waals surface area contributed by atoms with Gasteiger partial charge >= 0.3 is 0 Å². The first-order chi connectivity index (χ1) is 8.49. The number of benzene rings is 1. The molecule has 100 valence electrons. The van der Waals surface area contributed by atoms with Gasteiger partial charge in [-0.1, -0.05) is 23.8 Å². The summed E-state index contributed by atoms with van der Waals surface area (Å²) in [5.41, 5.74) is 3.88. The van der Waals surface area contributed by atoms with Crippen LogP contribution in [0.25, 0.3) is 0 Å². The molecule has 1 rings (SSSR count). The van der Waals surface area contributed by atoms with Gasteiger partial charge in [0.15, 0.2) is 0 Å². The first kappa shape index (κ1) is 14.7. The van der Waals surface area contributed by atoms with Crippen LogP contribution in [0.15, 0.2) is 18.2 Å². The van der Waals surface area contributed by atoms with Gasteiger partial charge in [-0.2, -0.15) is 0 Å². The van der Waals surface area contributed by atoms with Gasteiger partial charge in [-0.15, -0.1) is 0 Å². The van der Waals surface area contributed by atoms with E-state index in [9.17, 15) is 4.79 Å². The summed E-state index contributed by atoms with van der Waals surface area (Å²) in [4.78, 5) is 11.4. The van der Waals surface area contributed by atoms with Crippen molar-refractivity contribution in [3.63, 3.8) is 0 Å². The molecule has 0 saturated heterocycles. The topological polar surface area (TPSA) is 41.1 Å². The lowest BCUT2D eigenvalue weighted by Crippen LogP contribution is -2.32. The minimum atomic E-state index is 0.109. The van der Waals surface area contributed by atoms with E-state index >= 15 is 0 Å². The average molecular weight is 248 g/mol. The van der Waals surface area contributed by atoms with E-state index in [2.05, 4.69) is 42.7 Å². The summed E-state index contributed by atoms with van der Waals surface area (Å²) in [7, 11) is 0. The predicted molar refractivity (Wildman–Crippen MR) is 75.5 cm³/mol. The van der Waals surface area contributed by atoms with Crippen molar-refractivity contribution in [1.29, 1.82) is 0 Å². The van der Waals surface area contributed by atoms with Crippen LogP contribution >= 0.6 is 0 Å². The zero-order valence-electron chi connectivity index (χ0n) is 11.8.